The van der Waals surface area contributed by atoms with Crippen molar-refractivity contribution in [3.63, 3.8) is 0 Å². The third kappa shape index (κ3) is 2.75. The van der Waals surface area contributed by atoms with Crippen molar-refractivity contribution < 1.29 is 5.11 Å². The van der Waals surface area contributed by atoms with Gasteiger partial charge < -0.3 is 5.11 Å². The molecule has 0 aliphatic heterocycles. The summed E-state index contributed by atoms with van der Waals surface area (Å²) in [5.74, 6) is 2.93. The largest absolute Gasteiger partial charge is 0.393 e. The maximum atomic E-state index is 10.4. The summed E-state index contributed by atoms with van der Waals surface area (Å²) in [5, 5.41) is 10.4. The van der Waals surface area contributed by atoms with Crippen LogP contribution in [-0.2, 0) is 0 Å². The van der Waals surface area contributed by atoms with Crippen LogP contribution >= 0.6 is 0 Å². The Hall–Kier alpha value is -0.0400. The molecule has 88 valence electrons. The van der Waals surface area contributed by atoms with Crippen molar-refractivity contribution in [3.8, 4) is 0 Å². The van der Waals surface area contributed by atoms with E-state index in [-0.39, 0.29) is 6.10 Å². The average molecular weight is 210 g/mol. The first kappa shape index (κ1) is 11.4. The first-order chi connectivity index (χ1) is 7.16. The summed E-state index contributed by atoms with van der Waals surface area (Å²) >= 11 is 0. The van der Waals surface area contributed by atoms with Crippen molar-refractivity contribution in [2.75, 3.05) is 0 Å². The van der Waals surface area contributed by atoms with E-state index >= 15 is 0 Å². The molecular formula is C14H26O. The first-order valence-electron chi connectivity index (χ1n) is 6.85. The molecule has 0 radical (unpaired) electrons. The van der Waals surface area contributed by atoms with Crippen molar-refractivity contribution in [1.29, 1.82) is 0 Å². The van der Waals surface area contributed by atoms with Crippen molar-refractivity contribution in [2.45, 2.75) is 64.9 Å². The number of rotatable bonds is 2. The van der Waals surface area contributed by atoms with E-state index in [0.29, 0.717) is 11.8 Å². The second-order valence-electron chi connectivity index (χ2n) is 6.20. The molecule has 0 bridgehead atoms. The minimum absolute atomic E-state index is 0.0118. The van der Waals surface area contributed by atoms with Gasteiger partial charge in [-0.3, -0.25) is 0 Å². The predicted octanol–water partition coefficient (Wildman–Crippen LogP) is 3.61. The highest BCUT2D eigenvalue weighted by molar-refractivity contribution is 4.85. The topological polar surface area (TPSA) is 20.2 Å². The molecule has 2 aliphatic rings. The van der Waals surface area contributed by atoms with Crippen molar-refractivity contribution >= 4 is 0 Å². The average Bonchev–Trinajstić information content (AvgIpc) is 2.64. The van der Waals surface area contributed by atoms with Gasteiger partial charge in [0.15, 0.2) is 0 Å². The second kappa shape index (κ2) is 4.86. The van der Waals surface area contributed by atoms with E-state index < -0.39 is 0 Å². The van der Waals surface area contributed by atoms with Crippen molar-refractivity contribution in [1.82, 2.24) is 0 Å². The summed E-state index contributed by atoms with van der Waals surface area (Å²) < 4.78 is 0. The van der Waals surface area contributed by atoms with E-state index in [9.17, 15) is 5.11 Å². The minimum atomic E-state index is 0.0118. The fourth-order valence-electron chi connectivity index (χ4n) is 3.74. The monoisotopic (exact) mass is 210 g/mol. The number of aliphatic hydroxyl groups is 1. The van der Waals surface area contributed by atoms with Gasteiger partial charge in [0.05, 0.1) is 6.10 Å². The molecule has 1 N–H and O–H groups in total. The van der Waals surface area contributed by atoms with Crippen LogP contribution in [0, 0.1) is 23.7 Å². The van der Waals surface area contributed by atoms with Gasteiger partial charge in [0, 0.05) is 0 Å². The van der Waals surface area contributed by atoms with Crippen LogP contribution in [0.5, 0.6) is 0 Å². The zero-order valence-electron chi connectivity index (χ0n) is 10.3. The molecular weight excluding hydrogens is 184 g/mol. The highest BCUT2D eigenvalue weighted by Gasteiger charge is 2.34. The Balaban J connectivity index is 1.86. The molecule has 2 aliphatic carbocycles. The molecule has 5 unspecified atom stereocenters. The lowest BCUT2D eigenvalue weighted by molar-refractivity contribution is 0.0251. The van der Waals surface area contributed by atoms with Crippen LogP contribution in [0.25, 0.3) is 0 Å². The number of aliphatic hydroxyl groups excluding tert-OH is 1. The lowest BCUT2D eigenvalue weighted by Gasteiger charge is -2.33. The fraction of sp³-hybridized carbons (Fsp3) is 1.00. The third-order valence-electron chi connectivity index (χ3n) is 4.68. The Morgan fingerprint density at radius 3 is 2.07 bits per heavy atom. The smallest absolute Gasteiger partial charge is 0.0596 e. The Morgan fingerprint density at radius 1 is 0.867 bits per heavy atom. The van der Waals surface area contributed by atoms with Gasteiger partial charge in [0.1, 0.15) is 0 Å². The van der Waals surface area contributed by atoms with E-state index in [0.717, 1.165) is 11.8 Å². The molecule has 0 aromatic carbocycles. The Morgan fingerprint density at radius 2 is 1.47 bits per heavy atom. The van der Waals surface area contributed by atoms with Gasteiger partial charge in [0.2, 0.25) is 0 Å². The number of hydrogen-bond acceptors (Lipinski definition) is 1. The zero-order valence-corrected chi connectivity index (χ0v) is 10.3. The minimum Gasteiger partial charge on any atom is -0.393 e. The quantitative estimate of drug-likeness (QED) is 0.738. The predicted molar refractivity (Wildman–Crippen MR) is 63.6 cm³/mol. The maximum Gasteiger partial charge on any atom is 0.0596 e. The van der Waals surface area contributed by atoms with Gasteiger partial charge in [-0.05, 0) is 49.4 Å². The van der Waals surface area contributed by atoms with E-state index in [1.165, 1.54) is 44.9 Å². The molecule has 0 aromatic heterocycles. The highest BCUT2D eigenvalue weighted by Crippen LogP contribution is 2.39. The molecule has 5 atom stereocenters. The summed E-state index contributed by atoms with van der Waals surface area (Å²) in [4.78, 5) is 0. The Bertz CT molecular complexity index is 202. The highest BCUT2D eigenvalue weighted by atomic mass is 16.3. The van der Waals surface area contributed by atoms with Crippen LogP contribution in [0.3, 0.4) is 0 Å². The standard InChI is InChI=1S/C14H26O/c1-10-4-3-5-12(8-10)14(15)13-7-6-11(2)9-13/h10-15H,3-9H2,1-2H3. The van der Waals surface area contributed by atoms with Crippen LogP contribution in [0.4, 0.5) is 0 Å². The van der Waals surface area contributed by atoms with Gasteiger partial charge in [-0.1, -0.05) is 33.1 Å². The summed E-state index contributed by atoms with van der Waals surface area (Å²) in [6, 6.07) is 0. The van der Waals surface area contributed by atoms with Gasteiger partial charge >= 0.3 is 0 Å². The fourth-order valence-corrected chi connectivity index (χ4v) is 3.74. The second-order valence-corrected chi connectivity index (χ2v) is 6.20. The van der Waals surface area contributed by atoms with Crippen LogP contribution in [0.15, 0.2) is 0 Å². The molecule has 0 heterocycles. The van der Waals surface area contributed by atoms with Gasteiger partial charge in [-0.2, -0.15) is 0 Å². The Kier molecular flexibility index (Phi) is 3.71. The molecule has 0 saturated heterocycles. The molecule has 0 spiro atoms. The van der Waals surface area contributed by atoms with Crippen LogP contribution in [-0.4, -0.2) is 11.2 Å². The lowest BCUT2D eigenvalue weighted by Crippen LogP contribution is -2.31. The van der Waals surface area contributed by atoms with Gasteiger partial charge in [0.25, 0.3) is 0 Å². The third-order valence-corrected chi connectivity index (χ3v) is 4.68. The van der Waals surface area contributed by atoms with Gasteiger partial charge in [-0.25, -0.2) is 0 Å². The van der Waals surface area contributed by atoms with Crippen molar-refractivity contribution in [3.05, 3.63) is 0 Å². The first-order valence-corrected chi connectivity index (χ1v) is 6.85. The van der Waals surface area contributed by atoms with E-state index in [2.05, 4.69) is 13.8 Å². The van der Waals surface area contributed by atoms with E-state index in [1.54, 1.807) is 0 Å². The molecule has 1 nitrogen and oxygen atoms in total. The van der Waals surface area contributed by atoms with Crippen LogP contribution < -0.4 is 0 Å². The van der Waals surface area contributed by atoms with Crippen LogP contribution in [0.1, 0.15) is 58.8 Å². The summed E-state index contributed by atoms with van der Waals surface area (Å²) in [5.41, 5.74) is 0. The number of hydrogen-bond donors (Lipinski definition) is 1. The van der Waals surface area contributed by atoms with Crippen molar-refractivity contribution in [2.24, 2.45) is 23.7 Å². The van der Waals surface area contributed by atoms with Gasteiger partial charge in [-0.15, -0.1) is 0 Å². The molecule has 2 fully saturated rings. The lowest BCUT2D eigenvalue weighted by atomic mass is 9.76. The molecule has 0 amide bonds. The van der Waals surface area contributed by atoms with Crippen LogP contribution in [0.2, 0.25) is 0 Å². The maximum absolute atomic E-state index is 10.4. The SMILES string of the molecule is CC1CCCC(C(O)C2CCC(C)C2)C1. The van der Waals surface area contributed by atoms with E-state index in [1.807, 2.05) is 0 Å². The molecule has 15 heavy (non-hydrogen) atoms. The zero-order chi connectivity index (χ0) is 10.8. The van der Waals surface area contributed by atoms with E-state index in [4.69, 9.17) is 0 Å². The normalized spacial score (nSPS) is 44.2. The molecule has 2 rings (SSSR count). The summed E-state index contributed by atoms with van der Waals surface area (Å²) in [7, 11) is 0. The Labute approximate surface area is 94.3 Å². The summed E-state index contributed by atoms with van der Waals surface area (Å²) in [6.45, 7) is 4.67. The molecule has 0 aromatic rings. The molecule has 1 heteroatoms. The summed E-state index contributed by atoms with van der Waals surface area (Å²) in [6.07, 6.45) is 9.15. The molecule has 2 saturated carbocycles.